The summed E-state index contributed by atoms with van der Waals surface area (Å²) < 4.78 is 13.0. The maximum atomic E-state index is 13.0. The van der Waals surface area contributed by atoms with Gasteiger partial charge in [0, 0.05) is 12.2 Å². The second-order valence-electron chi connectivity index (χ2n) is 3.93. The molecule has 19 heavy (non-hydrogen) atoms. The molecular weight excluding hydrogens is 245 g/mol. The second-order valence-corrected chi connectivity index (χ2v) is 3.93. The Bertz CT molecular complexity index is 569. The largest absolute Gasteiger partial charge is 0.384 e. The van der Waals surface area contributed by atoms with Crippen molar-refractivity contribution in [1.29, 1.82) is 0 Å². The zero-order valence-corrected chi connectivity index (χ0v) is 10.5. The average Bonchev–Trinajstić information content (AvgIpc) is 2.40. The van der Waals surface area contributed by atoms with Gasteiger partial charge in [0.1, 0.15) is 11.5 Å². The van der Waals surface area contributed by atoms with Gasteiger partial charge >= 0.3 is 0 Å². The fourth-order valence-corrected chi connectivity index (χ4v) is 1.60. The number of anilines is 2. The molecule has 2 N–H and O–H groups in total. The molecule has 98 valence electrons. The molecule has 0 atom stereocenters. The van der Waals surface area contributed by atoms with Gasteiger partial charge in [-0.25, -0.2) is 9.37 Å². The molecule has 0 fully saturated rings. The summed E-state index contributed by atoms with van der Waals surface area (Å²) in [4.78, 5) is 15.9. The quantitative estimate of drug-likeness (QED) is 0.887. The fourth-order valence-electron chi connectivity index (χ4n) is 1.60. The maximum Gasteiger partial charge on any atom is 0.274 e. The van der Waals surface area contributed by atoms with Crippen LogP contribution in [0.5, 0.6) is 0 Å². The predicted octanol–water partition coefficient (Wildman–Crippen LogP) is 2.90. The Labute approximate surface area is 110 Å². The van der Waals surface area contributed by atoms with Crippen LogP contribution in [0.2, 0.25) is 0 Å². The van der Waals surface area contributed by atoms with E-state index in [0.717, 1.165) is 12.2 Å². The minimum Gasteiger partial charge on any atom is -0.384 e. The summed E-state index contributed by atoms with van der Waals surface area (Å²) in [6.45, 7) is 2.76. The van der Waals surface area contributed by atoms with Crippen LogP contribution in [0.4, 0.5) is 15.8 Å². The van der Waals surface area contributed by atoms with Gasteiger partial charge in [-0.2, -0.15) is 0 Å². The predicted molar refractivity (Wildman–Crippen MR) is 72.8 cm³/mol. The van der Waals surface area contributed by atoms with Crippen molar-refractivity contribution in [2.75, 3.05) is 17.2 Å². The van der Waals surface area contributed by atoms with Crippen molar-refractivity contribution in [2.45, 2.75) is 6.92 Å². The first-order valence-electron chi connectivity index (χ1n) is 5.96. The van der Waals surface area contributed by atoms with E-state index in [0.29, 0.717) is 5.69 Å². The Kier molecular flexibility index (Phi) is 4.07. The Morgan fingerprint density at radius 2 is 2.11 bits per heavy atom. The summed E-state index contributed by atoms with van der Waals surface area (Å²) in [7, 11) is 0. The zero-order chi connectivity index (χ0) is 13.7. The Balaban J connectivity index is 2.07. The summed E-state index contributed by atoms with van der Waals surface area (Å²) in [5.74, 6) is -0.762. The van der Waals surface area contributed by atoms with E-state index in [-0.39, 0.29) is 11.6 Å². The van der Waals surface area contributed by atoms with Gasteiger partial charge in [-0.05, 0) is 37.3 Å². The Hall–Kier alpha value is -2.43. The van der Waals surface area contributed by atoms with Gasteiger partial charge < -0.3 is 10.6 Å². The van der Waals surface area contributed by atoms with Crippen LogP contribution in [0.1, 0.15) is 17.4 Å². The number of pyridine rings is 1. The zero-order valence-electron chi connectivity index (χ0n) is 10.5. The summed E-state index contributed by atoms with van der Waals surface area (Å²) >= 11 is 0. The molecule has 0 aliphatic rings. The normalized spacial score (nSPS) is 10.0. The number of rotatable bonds is 4. The molecule has 1 heterocycles. The molecular formula is C14H14FN3O. The first-order valence-corrected chi connectivity index (χ1v) is 5.96. The van der Waals surface area contributed by atoms with Crippen LogP contribution in [0.15, 0.2) is 42.6 Å². The number of benzene rings is 1. The third-order valence-corrected chi connectivity index (χ3v) is 2.46. The standard InChI is InChI=1S/C14H14FN3O/c1-2-16-12-6-7-13(17-9-12)14(19)18-11-5-3-4-10(15)8-11/h3-9,16H,2H2,1H3,(H,18,19). The van der Waals surface area contributed by atoms with E-state index < -0.39 is 5.82 Å². The average molecular weight is 259 g/mol. The number of nitrogens with one attached hydrogen (secondary N) is 2. The minimum absolute atomic E-state index is 0.283. The second kappa shape index (κ2) is 5.95. The van der Waals surface area contributed by atoms with E-state index in [1.807, 2.05) is 6.92 Å². The Morgan fingerprint density at radius 3 is 2.74 bits per heavy atom. The van der Waals surface area contributed by atoms with E-state index in [4.69, 9.17) is 0 Å². The molecule has 1 amide bonds. The summed E-state index contributed by atoms with van der Waals surface area (Å²) in [5, 5.41) is 5.68. The highest BCUT2D eigenvalue weighted by atomic mass is 19.1. The monoisotopic (exact) mass is 259 g/mol. The fraction of sp³-hybridized carbons (Fsp3) is 0.143. The molecule has 0 aliphatic carbocycles. The van der Waals surface area contributed by atoms with E-state index in [1.165, 1.54) is 18.2 Å². The molecule has 0 saturated heterocycles. The van der Waals surface area contributed by atoms with Crippen molar-refractivity contribution in [3.8, 4) is 0 Å². The van der Waals surface area contributed by atoms with Crippen LogP contribution in [0.25, 0.3) is 0 Å². The topological polar surface area (TPSA) is 54.0 Å². The SMILES string of the molecule is CCNc1ccc(C(=O)Nc2cccc(F)c2)nc1. The van der Waals surface area contributed by atoms with E-state index in [2.05, 4.69) is 15.6 Å². The number of aromatic nitrogens is 1. The number of nitrogens with zero attached hydrogens (tertiary/aromatic N) is 1. The first kappa shape index (κ1) is 13.0. The number of halogens is 1. The van der Waals surface area contributed by atoms with Crippen LogP contribution in [-0.4, -0.2) is 17.4 Å². The summed E-state index contributed by atoms with van der Waals surface area (Å²) in [5.41, 5.74) is 1.54. The maximum absolute atomic E-state index is 13.0. The van der Waals surface area contributed by atoms with Gasteiger partial charge in [-0.1, -0.05) is 6.07 Å². The van der Waals surface area contributed by atoms with Crippen LogP contribution in [0.3, 0.4) is 0 Å². The van der Waals surface area contributed by atoms with Crippen molar-refractivity contribution in [2.24, 2.45) is 0 Å². The molecule has 2 aromatic rings. The highest BCUT2D eigenvalue weighted by molar-refractivity contribution is 6.02. The molecule has 0 unspecified atom stereocenters. The number of hydrogen-bond donors (Lipinski definition) is 2. The number of hydrogen-bond acceptors (Lipinski definition) is 3. The van der Waals surface area contributed by atoms with Gasteiger partial charge in [-0.15, -0.1) is 0 Å². The lowest BCUT2D eigenvalue weighted by Crippen LogP contribution is -2.13. The summed E-state index contributed by atoms with van der Waals surface area (Å²) in [6, 6.07) is 9.12. The van der Waals surface area contributed by atoms with Crippen molar-refractivity contribution in [3.63, 3.8) is 0 Å². The minimum atomic E-state index is -0.395. The Morgan fingerprint density at radius 1 is 1.26 bits per heavy atom. The van der Waals surface area contributed by atoms with Gasteiger partial charge in [0.25, 0.3) is 5.91 Å². The van der Waals surface area contributed by atoms with Crippen molar-refractivity contribution in [3.05, 3.63) is 54.1 Å². The van der Waals surface area contributed by atoms with Crippen molar-refractivity contribution < 1.29 is 9.18 Å². The molecule has 1 aromatic carbocycles. The van der Waals surface area contributed by atoms with Crippen LogP contribution < -0.4 is 10.6 Å². The third kappa shape index (κ3) is 3.51. The van der Waals surface area contributed by atoms with Crippen LogP contribution >= 0.6 is 0 Å². The molecule has 5 heteroatoms. The smallest absolute Gasteiger partial charge is 0.274 e. The lowest BCUT2D eigenvalue weighted by Gasteiger charge is -2.06. The lowest BCUT2D eigenvalue weighted by atomic mass is 10.2. The van der Waals surface area contributed by atoms with Gasteiger partial charge in [0.15, 0.2) is 0 Å². The molecule has 0 radical (unpaired) electrons. The number of amides is 1. The molecule has 0 saturated carbocycles. The van der Waals surface area contributed by atoms with Crippen molar-refractivity contribution >= 4 is 17.3 Å². The van der Waals surface area contributed by atoms with E-state index in [1.54, 1.807) is 24.4 Å². The molecule has 0 bridgehead atoms. The number of carbonyl (C=O) groups is 1. The van der Waals surface area contributed by atoms with Crippen LogP contribution in [0, 0.1) is 5.82 Å². The summed E-state index contributed by atoms with van der Waals surface area (Å²) in [6.07, 6.45) is 1.59. The van der Waals surface area contributed by atoms with E-state index >= 15 is 0 Å². The van der Waals surface area contributed by atoms with Crippen LogP contribution in [-0.2, 0) is 0 Å². The highest BCUT2D eigenvalue weighted by Gasteiger charge is 2.07. The van der Waals surface area contributed by atoms with Crippen molar-refractivity contribution in [1.82, 2.24) is 4.98 Å². The molecule has 4 nitrogen and oxygen atoms in total. The molecule has 2 rings (SSSR count). The molecule has 0 spiro atoms. The third-order valence-electron chi connectivity index (χ3n) is 2.46. The van der Waals surface area contributed by atoms with Gasteiger partial charge in [-0.3, -0.25) is 4.79 Å². The highest BCUT2D eigenvalue weighted by Crippen LogP contribution is 2.11. The van der Waals surface area contributed by atoms with E-state index in [9.17, 15) is 9.18 Å². The number of carbonyl (C=O) groups excluding carboxylic acids is 1. The molecule has 1 aromatic heterocycles. The van der Waals surface area contributed by atoms with Gasteiger partial charge in [0.05, 0.1) is 11.9 Å². The van der Waals surface area contributed by atoms with Gasteiger partial charge in [0.2, 0.25) is 0 Å². The molecule has 0 aliphatic heterocycles. The first-order chi connectivity index (χ1) is 9.19. The lowest BCUT2D eigenvalue weighted by molar-refractivity contribution is 0.102.